The zero-order valence-corrected chi connectivity index (χ0v) is 18.0. The molecule has 0 unspecified atom stereocenters. The fourth-order valence-corrected chi connectivity index (χ4v) is 2.66. The normalized spacial score (nSPS) is 11.4. The predicted octanol–water partition coefficient (Wildman–Crippen LogP) is 2.15. The molecule has 12 heteroatoms. The number of rotatable bonds is 9. The Morgan fingerprint density at radius 2 is 1.56 bits per heavy atom. The van der Waals surface area contributed by atoms with E-state index in [0.29, 0.717) is 24.9 Å². The number of carbonyl (C=O) groups is 3. The molecule has 0 heterocycles. The molecule has 0 saturated carbocycles. The largest absolute Gasteiger partial charge is 0.490 e. The standard InChI is InChI=1S/C20H24N4O3.C2HF3O2/c21-20(22)23-11-5-10-17(19(26)27)24-18(25)16-9-4-8-15(13-16)12-14-6-2-1-3-7-14;3-2(4,5)1(6)7/h1-4,6-9,13,17H,5,10-12H2,(H,24,25)(H,26,27)(H4,21,22,23);(H,6,7)/t17-;/m0./s1. The first-order valence-electron chi connectivity index (χ1n) is 9.92. The topological polar surface area (TPSA) is 168 Å². The molecule has 0 saturated heterocycles. The van der Waals surface area contributed by atoms with Crippen molar-refractivity contribution < 1.29 is 37.8 Å². The maximum Gasteiger partial charge on any atom is 0.490 e. The number of nitrogens with two attached hydrogens (primary N) is 2. The van der Waals surface area contributed by atoms with Gasteiger partial charge in [0.2, 0.25) is 0 Å². The third-order valence-electron chi connectivity index (χ3n) is 4.23. The van der Waals surface area contributed by atoms with E-state index in [2.05, 4.69) is 10.3 Å². The van der Waals surface area contributed by atoms with Crippen molar-refractivity contribution in [2.45, 2.75) is 31.5 Å². The van der Waals surface area contributed by atoms with Crippen LogP contribution in [0.2, 0.25) is 0 Å². The summed E-state index contributed by atoms with van der Waals surface area (Å²) < 4.78 is 31.7. The minimum atomic E-state index is -5.08. The Labute approximate surface area is 193 Å². The van der Waals surface area contributed by atoms with Crippen LogP contribution in [0.5, 0.6) is 0 Å². The highest BCUT2D eigenvalue weighted by molar-refractivity contribution is 5.96. The molecule has 9 nitrogen and oxygen atoms in total. The first-order chi connectivity index (χ1) is 15.9. The average Bonchev–Trinajstić information content (AvgIpc) is 2.76. The molecule has 2 rings (SSSR count). The zero-order chi connectivity index (χ0) is 25.7. The van der Waals surface area contributed by atoms with Gasteiger partial charge in [-0.05, 0) is 42.5 Å². The molecule has 0 aliphatic heterocycles. The third kappa shape index (κ3) is 11.0. The molecule has 0 aliphatic rings. The van der Waals surface area contributed by atoms with E-state index < -0.39 is 30.1 Å². The number of amides is 1. The molecule has 0 bridgehead atoms. The van der Waals surface area contributed by atoms with Crippen molar-refractivity contribution in [2.24, 2.45) is 16.5 Å². The first kappa shape index (κ1) is 27.9. The average molecular weight is 482 g/mol. The Morgan fingerprint density at radius 3 is 2.09 bits per heavy atom. The van der Waals surface area contributed by atoms with Gasteiger partial charge in [0.05, 0.1) is 0 Å². The molecular weight excluding hydrogens is 457 g/mol. The minimum Gasteiger partial charge on any atom is -0.480 e. The second-order valence-corrected chi connectivity index (χ2v) is 6.98. The summed E-state index contributed by atoms with van der Waals surface area (Å²) in [6.45, 7) is 0.314. The Balaban J connectivity index is 0.000000718. The smallest absolute Gasteiger partial charge is 0.480 e. The summed E-state index contributed by atoms with van der Waals surface area (Å²) in [5.41, 5.74) is 13.0. The summed E-state index contributed by atoms with van der Waals surface area (Å²) in [6.07, 6.45) is -3.70. The number of guanidine groups is 1. The van der Waals surface area contributed by atoms with Gasteiger partial charge in [0.15, 0.2) is 5.96 Å². The molecule has 0 aliphatic carbocycles. The molecule has 184 valence electrons. The van der Waals surface area contributed by atoms with Crippen LogP contribution in [-0.4, -0.2) is 52.8 Å². The summed E-state index contributed by atoms with van der Waals surface area (Å²) in [7, 11) is 0. The van der Waals surface area contributed by atoms with Crippen molar-refractivity contribution in [3.63, 3.8) is 0 Å². The lowest BCUT2D eigenvalue weighted by atomic mass is 10.0. The number of carbonyl (C=O) groups excluding carboxylic acids is 1. The van der Waals surface area contributed by atoms with Gasteiger partial charge in [0.1, 0.15) is 6.04 Å². The maximum absolute atomic E-state index is 12.5. The highest BCUT2D eigenvalue weighted by Crippen LogP contribution is 2.13. The highest BCUT2D eigenvalue weighted by Gasteiger charge is 2.38. The van der Waals surface area contributed by atoms with Crippen LogP contribution in [0, 0.1) is 0 Å². The molecule has 2 aromatic carbocycles. The van der Waals surface area contributed by atoms with Crippen LogP contribution in [0.3, 0.4) is 0 Å². The Hall–Kier alpha value is -4.09. The van der Waals surface area contributed by atoms with Crippen molar-refractivity contribution >= 4 is 23.8 Å². The van der Waals surface area contributed by atoms with E-state index in [-0.39, 0.29) is 12.4 Å². The van der Waals surface area contributed by atoms with Crippen molar-refractivity contribution in [3.8, 4) is 0 Å². The Bertz CT molecular complexity index is 994. The van der Waals surface area contributed by atoms with Crippen LogP contribution >= 0.6 is 0 Å². The number of hydrogen-bond donors (Lipinski definition) is 5. The van der Waals surface area contributed by atoms with Crippen LogP contribution in [0.1, 0.15) is 34.3 Å². The van der Waals surface area contributed by atoms with E-state index in [1.807, 2.05) is 36.4 Å². The van der Waals surface area contributed by atoms with Crippen molar-refractivity contribution in [2.75, 3.05) is 6.54 Å². The summed E-state index contributed by atoms with van der Waals surface area (Å²) in [5, 5.41) is 19.0. The van der Waals surface area contributed by atoms with E-state index in [1.165, 1.54) is 0 Å². The van der Waals surface area contributed by atoms with Crippen LogP contribution < -0.4 is 16.8 Å². The van der Waals surface area contributed by atoms with E-state index >= 15 is 0 Å². The van der Waals surface area contributed by atoms with Crippen LogP contribution in [-0.2, 0) is 16.0 Å². The van der Waals surface area contributed by atoms with Gasteiger partial charge in [-0.15, -0.1) is 0 Å². The predicted molar refractivity (Wildman–Crippen MR) is 118 cm³/mol. The van der Waals surface area contributed by atoms with Gasteiger partial charge in [-0.25, -0.2) is 9.59 Å². The molecule has 0 fully saturated rings. The van der Waals surface area contributed by atoms with Gasteiger partial charge in [-0.2, -0.15) is 13.2 Å². The number of hydrogen-bond acceptors (Lipinski definition) is 4. The Morgan fingerprint density at radius 1 is 0.971 bits per heavy atom. The van der Waals surface area contributed by atoms with E-state index in [4.69, 9.17) is 21.4 Å². The van der Waals surface area contributed by atoms with E-state index in [9.17, 15) is 27.9 Å². The molecular formula is C22H25F3N4O5. The van der Waals surface area contributed by atoms with Crippen LogP contribution in [0.25, 0.3) is 0 Å². The van der Waals surface area contributed by atoms with Crippen molar-refractivity contribution in [1.82, 2.24) is 5.32 Å². The summed E-state index contributed by atoms with van der Waals surface area (Å²) in [4.78, 5) is 36.6. The van der Waals surface area contributed by atoms with Gasteiger partial charge in [-0.1, -0.05) is 42.5 Å². The number of nitrogens with zero attached hydrogens (tertiary/aromatic N) is 1. The molecule has 34 heavy (non-hydrogen) atoms. The summed E-state index contributed by atoms with van der Waals surface area (Å²) in [6, 6.07) is 16.1. The molecule has 0 spiro atoms. The van der Waals surface area contributed by atoms with Gasteiger partial charge in [0, 0.05) is 12.1 Å². The maximum atomic E-state index is 12.5. The number of aliphatic carboxylic acids is 2. The number of alkyl halides is 3. The van der Waals surface area contributed by atoms with Crippen LogP contribution in [0.15, 0.2) is 59.6 Å². The first-order valence-corrected chi connectivity index (χ1v) is 9.92. The quantitative estimate of drug-likeness (QED) is 0.207. The molecule has 7 N–H and O–H groups in total. The number of benzene rings is 2. The summed E-state index contributed by atoms with van der Waals surface area (Å²) >= 11 is 0. The minimum absolute atomic E-state index is 0.0406. The Kier molecular flexibility index (Phi) is 11.1. The second kappa shape index (κ2) is 13.5. The lowest BCUT2D eigenvalue weighted by Crippen LogP contribution is -2.40. The summed E-state index contributed by atoms with van der Waals surface area (Å²) in [5.74, 6) is -4.30. The number of aliphatic imine (C=N–C) groups is 1. The second-order valence-electron chi connectivity index (χ2n) is 6.98. The highest BCUT2D eigenvalue weighted by atomic mass is 19.4. The zero-order valence-electron chi connectivity index (χ0n) is 18.0. The lowest BCUT2D eigenvalue weighted by Gasteiger charge is -2.14. The van der Waals surface area contributed by atoms with E-state index in [0.717, 1.165) is 11.1 Å². The molecule has 0 radical (unpaired) electrons. The fraction of sp³-hybridized carbons (Fsp3) is 0.273. The fourth-order valence-electron chi connectivity index (χ4n) is 2.66. The SMILES string of the molecule is NC(N)=NCCC[C@H](NC(=O)c1cccc(Cc2ccccc2)c1)C(=O)O.O=C(O)C(F)(F)F. The van der Waals surface area contributed by atoms with Gasteiger partial charge < -0.3 is 27.0 Å². The van der Waals surface area contributed by atoms with Crippen molar-refractivity contribution in [3.05, 3.63) is 71.3 Å². The van der Waals surface area contributed by atoms with Gasteiger partial charge in [0.25, 0.3) is 5.91 Å². The van der Waals surface area contributed by atoms with Crippen LogP contribution in [0.4, 0.5) is 13.2 Å². The number of carboxylic acids is 2. The van der Waals surface area contributed by atoms with Crippen molar-refractivity contribution in [1.29, 1.82) is 0 Å². The number of carboxylic acid groups (broad SMARTS) is 2. The monoisotopic (exact) mass is 482 g/mol. The van der Waals surface area contributed by atoms with Gasteiger partial charge >= 0.3 is 18.1 Å². The van der Waals surface area contributed by atoms with E-state index in [1.54, 1.807) is 18.2 Å². The molecule has 2 aromatic rings. The number of nitrogens with one attached hydrogen (secondary N) is 1. The number of halogens is 3. The van der Waals surface area contributed by atoms with Gasteiger partial charge in [-0.3, -0.25) is 9.79 Å². The molecule has 1 amide bonds. The third-order valence-corrected chi connectivity index (χ3v) is 4.23. The molecule has 1 atom stereocenters. The molecule has 0 aromatic heterocycles. The lowest BCUT2D eigenvalue weighted by molar-refractivity contribution is -0.192.